The number of thioether (sulfide) groups is 1. The van der Waals surface area contributed by atoms with Gasteiger partial charge in [-0.25, -0.2) is 0 Å². The van der Waals surface area contributed by atoms with Crippen LogP contribution in [0, 0.1) is 16.7 Å². The Morgan fingerprint density at radius 1 is 1.08 bits per heavy atom. The molecule has 9 heteroatoms. The lowest BCUT2D eigenvalue weighted by Gasteiger charge is -2.38. The van der Waals surface area contributed by atoms with Crippen molar-refractivity contribution in [1.29, 1.82) is 10.8 Å². The molecule has 0 bridgehead atoms. The number of rotatable bonds is 8. The summed E-state index contributed by atoms with van der Waals surface area (Å²) >= 11 is 1.15. The van der Waals surface area contributed by atoms with Crippen LogP contribution in [-0.2, 0) is 11.3 Å². The molecule has 2 aliphatic rings. The van der Waals surface area contributed by atoms with Gasteiger partial charge in [0.1, 0.15) is 16.5 Å². The van der Waals surface area contributed by atoms with Crippen molar-refractivity contribution < 1.29 is 14.3 Å². The number of hydrogen-bond acceptors (Lipinski definition) is 7. The Morgan fingerprint density at radius 3 is 2.36 bits per heavy atom. The topological polar surface area (TPSA) is 110 Å². The van der Waals surface area contributed by atoms with Gasteiger partial charge in [0.05, 0.1) is 5.04 Å². The van der Waals surface area contributed by atoms with Crippen molar-refractivity contribution in [3.8, 4) is 11.5 Å². The summed E-state index contributed by atoms with van der Waals surface area (Å²) in [5, 5.41) is 20.4. The zero-order valence-corrected chi connectivity index (χ0v) is 24.1. The van der Waals surface area contributed by atoms with Crippen LogP contribution in [-0.4, -0.2) is 63.9 Å². The smallest absolute Gasteiger partial charge is 0.251 e. The molecule has 2 aromatic carbocycles. The van der Waals surface area contributed by atoms with Crippen molar-refractivity contribution in [3.63, 3.8) is 0 Å². The Morgan fingerprint density at radius 2 is 1.74 bits per heavy atom. The third-order valence-corrected chi connectivity index (χ3v) is 8.58. The Hall–Kier alpha value is -3.17. The second-order valence-electron chi connectivity index (χ2n) is 11.1. The number of likely N-dealkylation sites (tertiary alicyclic amines) is 2. The average molecular weight is 550 g/mol. The maximum atomic E-state index is 13.3. The van der Waals surface area contributed by atoms with Crippen molar-refractivity contribution in [2.24, 2.45) is 5.92 Å². The molecule has 0 aromatic heterocycles. The zero-order valence-electron chi connectivity index (χ0n) is 23.3. The molecule has 0 saturated carbocycles. The molecule has 4 rings (SSSR count). The first-order chi connectivity index (χ1) is 18.5. The molecule has 2 aromatic rings. The van der Waals surface area contributed by atoms with Crippen LogP contribution < -0.4 is 10.1 Å². The Kier molecular flexibility index (Phi) is 9.12. The number of piperidine rings is 1. The van der Waals surface area contributed by atoms with Gasteiger partial charge in [-0.2, -0.15) is 0 Å². The van der Waals surface area contributed by atoms with E-state index in [1.807, 2.05) is 30.9 Å². The molecule has 2 fully saturated rings. The molecule has 2 saturated heterocycles. The van der Waals surface area contributed by atoms with E-state index in [-0.39, 0.29) is 23.3 Å². The molecule has 39 heavy (non-hydrogen) atoms. The highest BCUT2D eigenvalue weighted by Gasteiger charge is 2.31. The van der Waals surface area contributed by atoms with Crippen molar-refractivity contribution in [3.05, 3.63) is 59.2 Å². The van der Waals surface area contributed by atoms with E-state index < -0.39 is 0 Å². The highest BCUT2D eigenvalue weighted by Crippen LogP contribution is 2.31. The molecule has 2 aliphatic heterocycles. The highest BCUT2D eigenvalue weighted by atomic mass is 32.2. The first kappa shape index (κ1) is 28.8. The molecule has 208 valence electrons. The van der Waals surface area contributed by atoms with E-state index in [0.717, 1.165) is 49.7 Å². The van der Waals surface area contributed by atoms with Gasteiger partial charge < -0.3 is 19.9 Å². The van der Waals surface area contributed by atoms with Crippen LogP contribution in [0.1, 0.15) is 67.9 Å². The number of hydrogen-bond donors (Lipinski definition) is 3. The van der Waals surface area contributed by atoms with E-state index in [0.29, 0.717) is 52.2 Å². The predicted octanol–water partition coefficient (Wildman–Crippen LogP) is 5.51. The van der Waals surface area contributed by atoms with E-state index in [4.69, 9.17) is 15.6 Å². The largest absolute Gasteiger partial charge is 0.457 e. The first-order valence-electron chi connectivity index (χ1n) is 13.6. The summed E-state index contributed by atoms with van der Waals surface area (Å²) in [6.45, 7) is 9.01. The van der Waals surface area contributed by atoms with Crippen LogP contribution in [0.4, 0.5) is 0 Å². The zero-order chi connectivity index (χ0) is 28.2. The number of ether oxygens (including phenoxy) is 1. The number of nitrogens with zero attached hydrogens (tertiary/aromatic N) is 2. The first-order valence-corrected chi connectivity index (χ1v) is 14.4. The van der Waals surface area contributed by atoms with Crippen molar-refractivity contribution in [2.45, 2.75) is 58.5 Å². The predicted molar refractivity (Wildman–Crippen MR) is 157 cm³/mol. The lowest BCUT2D eigenvalue weighted by atomic mass is 9.89. The lowest BCUT2D eigenvalue weighted by Crippen LogP contribution is -2.52. The summed E-state index contributed by atoms with van der Waals surface area (Å²) in [7, 11) is 2.10. The van der Waals surface area contributed by atoms with Crippen LogP contribution in [0.5, 0.6) is 11.5 Å². The summed E-state index contributed by atoms with van der Waals surface area (Å²) in [5.74, 6) is 1.18. The van der Waals surface area contributed by atoms with Gasteiger partial charge in [0.15, 0.2) is 0 Å². The fraction of sp³-hybridized carbons (Fsp3) is 0.467. The number of carbonyl (C=O) groups is 2. The van der Waals surface area contributed by atoms with Gasteiger partial charge in [-0.3, -0.25) is 20.4 Å². The van der Waals surface area contributed by atoms with E-state index in [1.54, 1.807) is 30.3 Å². The molecule has 0 atom stereocenters. The SMILES string of the molecule is CC(C)C(=N)SC(=N)c1ccc(Oc2cc(C(=O)NC3(C)CCN(C)CC3)ccc2CN2CCCC2=O)cc1. The van der Waals surface area contributed by atoms with Crippen LogP contribution in [0.25, 0.3) is 0 Å². The second-order valence-corrected chi connectivity index (χ2v) is 12.2. The fourth-order valence-electron chi connectivity index (χ4n) is 4.67. The molecule has 2 heterocycles. The number of carbonyl (C=O) groups excluding carboxylic acids is 2. The quantitative estimate of drug-likeness (QED) is 0.297. The minimum atomic E-state index is -0.254. The monoisotopic (exact) mass is 549 g/mol. The average Bonchev–Trinajstić information content (AvgIpc) is 3.31. The van der Waals surface area contributed by atoms with E-state index in [2.05, 4.69) is 24.2 Å². The van der Waals surface area contributed by atoms with Crippen LogP contribution in [0.3, 0.4) is 0 Å². The molecular formula is C30H39N5O3S. The van der Waals surface area contributed by atoms with Gasteiger partial charge in [-0.1, -0.05) is 31.7 Å². The number of benzene rings is 2. The third-order valence-electron chi connectivity index (χ3n) is 7.45. The van der Waals surface area contributed by atoms with Crippen molar-refractivity contribution in [2.75, 3.05) is 26.7 Å². The molecule has 2 amide bonds. The molecule has 3 N–H and O–H groups in total. The maximum Gasteiger partial charge on any atom is 0.251 e. The van der Waals surface area contributed by atoms with Gasteiger partial charge in [-0.05, 0) is 69.6 Å². The van der Waals surface area contributed by atoms with Gasteiger partial charge in [0.2, 0.25) is 5.91 Å². The molecule has 8 nitrogen and oxygen atoms in total. The van der Waals surface area contributed by atoms with Crippen molar-refractivity contribution >= 4 is 33.7 Å². The fourth-order valence-corrected chi connectivity index (χ4v) is 5.38. The van der Waals surface area contributed by atoms with Gasteiger partial charge in [-0.15, -0.1) is 0 Å². The van der Waals surface area contributed by atoms with E-state index >= 15 is 0 Å². The molecule has 0 aliphatic carbocycles. The van der Waals surface area contributed by atoms with Crippen LogP contribution in [0.2, 0.25) is 0 Å². The summed E-state index contributed by atoms with van der Waals surface area (Å²) in [5.41, 5.74) is 1.81. The molecule has 0 spiro atoms. The third kappa shape index (κ3) is 7.48. The number of amides is 2. The summed E-state index contributed by atoms with van der Waals surface area (Å²) < 4.78 is 6.28. The standard InChI is InChI=1S/C30H39N5O3S/c1-20(2)27(31)39-28(32)21-9-11-24(12-10-21)38-25-18-22(7-8-23(25)19-35-15-5-6-26(35)36)29(37)33-30(3)13-16-34(4)17-14-30/h7-12,18,20,31-32H,5-6,13-17,19H2,1-4H3,(H,33,37). The van der Waals surface area contributed by atoms with Crippen LogP contribution >= 0.6 is 11.8 Å². The van der Waals surface area contributed by atoms with Crippen molar-refractivity contribution in [1.82, 2.24) is 15.1 Å². The minimum absolute atomic E-state index is 0.0744. The summed E-state index contributed by atoms with van der Waals surface area (Å²) in [6.07, 6.45) is 3.20. The number of nitrogens with one attached hydrogen (secondary N) is 3. The molecule has 0 unspecified atom stereocenters. The van der Waals surface area contributed by atoms with Crippen LogP contribution in [0.15, 0.2) is 42.5 Å². The lowest BCUT2D eigenvalue weighted by molar-refractivity contribution is -0.128. The minimum Gasteiger partial charge on any atom is -0.457 e. The van der Waals surface area contributed by atoms with Gasteiger partial charge >= 0.3 is 0 Å². The Bertz CT molecular complexity index is 1240. The molecule has 0 radical (unpaired) electrons. The van der Waals surface area contributed by atoms with Gasteiger partial charge in [0, 0.05) is 60.7 Å². The van der Waals surface area contributed by atoms with Gasteiger partial charge in [0.25, 0.3) is 5.91 Å². The summed E-state index contributed by atoms with van der Waals surface area (Å²) in [4.78, 5) is 29.7. The Balaban J connectivity index is 1.54. The summed E-state index contributed by atoms with van der Waals surface area (Å²) in [6, 6.07) is 12.6. The second kappa shape index (κ2) is 12.3. The normalized spacial score (nSPS) is 17.4. The Labute approximate surface area is 235 Å². The molecular weight excluding hydrogens is 510 g/mol. The maximum absolute atomic E-state index is 13.3. The highest BCUT2D eigenvalue weighted by molar-refractivity contribution is 8.26. The van der Waals surface area contributed by atoms with E-state index in [9.17, 15) is 9.59 Å². The van der Waals surface area contributed by atoms with E-state index in [1.165, 1.54) is 0 Å².